The molecule has 0 N–H and O–H groups in total. The first kappa shape index (κ1) is 6.38. The Bertz CT molecular complexity index is 256. The zero-order valence-electron chi connectivity index (χ0n) is 5.86. The van der Waals surface area contributed by atoms with Crippen LogP contribution in [0, 0.1) is 0 Å². The fraction of sp³-hybridized carbons (Fsp3) is 0.667. The van der Waals surface area contributed by atoms with Crippen molar-refractivity contribution in [2.24, 2.45) is 0 Å². The maximum Gasteiger partial charge on any atom is 0.385 e. The minimum absolute atomic E-state index is 0.0770. The van der Waals surface area contributed by atoms with E-state index in [4.69, 9.17) is 9.47 Å². The minimum atomic E-state index is -1.44. The quantitative estimate of drug-likeness (QED) is 0.328. The highest BCUT2D eigenvalue weighted by atomic mass is 16.9. The Morgan fingerprint density at radius 2 is 1.25 bits per heavy atom. The average molecular weight is 172 g/mol. The molecule has 0 aromatic carbocycles. The molecule has 2 spiro atoms. The average Bonchev–Trinajstić information content (AvgIpc) is 2.82. The first-order valence-corrected chi connectivity index (χ1v) is 3.42. The monoisotopic (exact) mass is 172 g/mol. The summed E-state index contributed by atoms with van der Waals surface area (Å²) in [5.41, 5.74) is 0. The van der Waals surface area contributed by atoms with Gasteiger partial charge in [-0.25, -0.2) is 9.59 Å². The van der Waals surface area contributed by atoms with Gasteiger partial charge in [-0.1, -0.05) is 0 Å². The van der Waals surface area contributed by atoms with E-state index < -0.39 is 23.5 Å². The van der Waals surface area contributed by atoms with Crippen LogP contribution >= 0.6 is 0 Å². The van der Waals surface area contributed by atoms with Crippen molar-refractivity contribution in [3.05, 3.63) is 0 Å². The Labute approximate surface area is 66.3 Å². The molecule has 0 aromatic heterocycles. The van der Waals surface area contributed by atoms with Gasteiger partial charge in [-0.3, -0.25) is 0 Å². The molecule has 0 aliphatic carbocycles. The van der Waals surface area contributed by atoms with E-state index in [9.17, 15) is 9.59 Å². The van der Waals surface area contributed by atoms with Crippen molar-refractivity contribution in [1.82, 2.24) is 0 Å². The molecule has 3 rings (SSSR count). The van der Waals surface area contributed by atoms with Gasteiger partial charge < -0.3 is 18.9 Å². The van der Waals surface area contributed by atoms with Crippen LogP contribution in [0.2, 0.25) is 0 Å². The van der Waals surface area contributed by atoms with Crippen LogP contribution in [0.3, 0.4) is 0 Å². The predicted molar refractivity (Wildman–Crippen MR) is 29.5 cm³/mol. The molecular weight excluding hydrogens is 168 g/mol. The predicted octanol–water partition coefficient (Wildman–Crippen LogP) is -1.46. The first-order chi connectivity index (χ1) is 5.67. The summed E-state index contributed by atoms with van der Waals surface area (Å²) in [5, 5.41) is 0. The summed E-state index contributed by atoms with van der Waals surface area (Å²) >= 11 is 0. The number of carbonyl (C=O) groups is 2. The van der Waals surface area contributed by atoms with Crippen LogP contribution < -0.4 is 0 Å². The fourth-order valence-corrected chi connectivity index (χ4v) is 1.02. The molecule has 0 aromatic rings. The van der Waals surface area contributed by atoms with Gasteiger partial charge in [0.1, 0.15) is 13.2 Å². The second-order valence-electron chi connectivity index (χ2n) is 2.86. The molecule has 3 heterocycles. The largest absolute Gasteiger partial charge is 0.414 e. The molecule has 2 unspecified atom stereocenters. The third-order valence-electron chi connectivity index (χ3n) is 1.95. The Balaban J connectivity index is 1.92. The molecular formula is C6H4O6. The van der Waals surface area contributed by atoms with Crippen LogP contribution in [-0.4, -0.2) is 36.7 Å². The van der Waals surface area contributed by atoms with Crippen molar-refractivity contribution in [3.63, 3.8) is 0 Å². The lowest BCUT2D eigenvalue weighted by Gasteiger charge is -2.22. The summed E-state index contributed by atoms with van der Waals surface area (Å²) in [5.74, 6) is -4.23. The van der Waals surface area contributed by atoms with Gasteiger partial charge in [0.25, 0.3) is 0 Å². The Kier molecular flexibility index (Phi) is 0.788. The van der Waals surface area contributed by atoms with E-state index >= 15 is 0 Å². The molecule has 3 saturated heterocycles. The molecule has 12 heavy (non-hydrogen) atoms. The molecule has 3 fully saturated rings. The number of ether oxygens (including phenoxy) is 4. The maximum absolute atomic E-state index is 11.1. The highest BCUT2D eigenvalue weighted by molar-refractivity contribution is 5.94. The zero-order chi connectivity index (χ0) is 8.40. The Morgan fingerprint density at radius 1 is 0.917 bits per heavy atom. The van der Waals surface area contributed by atoms with E-state index in [-0.39, 0.29) is 13.2 Å². The molecule has 3 aliphatic heterocycles. The van der Waals surface area contributed by atoms with E-state index in [1.165, 1.54) is 0 Å². The van der Waals surface area contributed by atoms with Crippen molar-refractivity contribution in [1.29, 1.82) is 0 Å². The van der Waals surface area contributed by atoms with Crippen molar-refractivity contribution in [2.45, 2.75) is 11.6 Å². The van der Waals surface area contributed by atoms with Gasteiger partial charge in [0.05, 0.1) is 0 Å². The molecule has 0 amide bonds. The van der Waals surface area contributed by atoms with E-state index in [1.54, 1.807) is 0 Å². The lowest BCUT2D eigenvalue weighted by atomic mass is 10.3. The van der Waals surface area contributed by atoms with Crippen molar-refractivity contribution < 1.29 is 28.5 Å². The third-order valence-corrected chi connectivity index (χ3v) is 1.95. The number of hydrogen-bond donors (Lipinski definition) is 0. The van der Waals surface area contributed by atoms with E-state index in [2.05, 4.69) is 9.47 Å². The van der Waals surface area contributed by atoms with Crippen LogP contribution in [0.1, 0.15) is 0 Å². The lowest BCUT2D eigenvalue weighted by molar-refractivity contribution is -0.223. The minimum Gasteiger partial charge on any atom is -0.414 e. The number of carbonyl (C=O) groups excluding carboxylic acids is 2. The van der Waals surface area contributed by atoms with Gasteiger partial charge >= 0.3 is 23.5 Å². The van der Waals surface area contributed by atoms with E-state index in [0.29, 0.717) is 0 Å². The number of hydrogen-bond acceptors (Lipinski definition) is 6. The molecule has 3 aliphatic rings. The molecule has 64 valence electrons. The summed E-state index contributed by atoms with van der Waals surface area (Å²) in [6, 6.07) is 0. The van der Waals surface area contributed by atoms with Gasteiger partial charge in [-0.2, -0.15) is 0 Å². The van der Waals surface area contributed by atoms with Crippen LogP contribution in [-0.2, 0) is 28.5 Å². The first-order valence-electron chi connectivity index (χ1n) is 3.42. The van der Waals surface area contributed by atoms with E-state index in [1.807, 2.05) is 0 Å². The summed E-state index contributed by atoms with van der Waals surface area (Å²) in [7, 11) is 0. The second-order valence-corrected chi connectivity index (χ2v) is 2.86. The fourth-order valence-electron chi connectivity index (χ4n) is 1.02. The normalized spacial score (nSPS) is 49.0. The molecule has 6 nitrogen and oxygen atoms in total. The number of esters is 2. The summed E-state index contributed by atoms with van der Waals surface area (Å²) in [6.45, 7) is 0.154. The summed E-state index contributed by atoms with van der Waals surface area (Å²) in [4.78, 5) is 22.2. The zero-order valence-corrected chi connectivity index (χ0v) is 5.86. The molecule has 2 atom stereocenters. The van der Waals surface area contributed by atoms with Gasteiger partial charge in [0.2, 0.25) is 0 Å². The van der Waals surface area contributed by atoms with Gasteiger partial charge in [-0.05, 0) is 0 Å². The summed E-state index contributed by atoms with van der Waals surface area (Å²) in [6.07, 6.45) is 0. The van der Waals surface area contributed by atoms with E-state index in [0.717, 1.165) is 0 Å². The van der Waals surface area contributed by atoms with Gasteiger partial charge in [-0.15, -0.1) is 0 Å². The topological polar surface area (TPSA) is 77.7 Å². The Morgan fingerprint density at radius 3 is 1.50 bits per heavy atom. The smallest absolute Gasteiger partial charge is 0.385 e. The number of epoxide rings is 2. The molecule has 6 heteroatoms. The lowest BCUT2D eigenvalue weighted by Crippen LogP contribution is -2.48. The van der Waals surface area contributed by atoms with Crippen LogP contribution in [0.15, 0.2) is 0 Å². The molecule has 0 bridgehead atoms. The highest BCUT2D eigenvalue weighted by Gasteiger charge is 2.72. The van der Waals surface area contributed by atoms with Gasteiger partial charge in [0.15, 0.2) is 0 Å². The summed E-state index contributed by atoms with van der Waals surface area (Å²) < 4.78 is 18.8. The van der Waals surface area contributed by atoms with Crippen LogP contribution in [0.4, 0.5) is 0 Å². The maximum atomic E-state index is 11.1. The van der Waals surface area contributed by atoms with Crippen LogP contribution in [0.25, 0.3) is 0 Å². The van der Waals surface area contributed by atoms with Crippen molar-refractivity contribution >= 4 is 11.9 Å². The Hall–Kier alpha value is -1.14. The number of rotatable bonds is 0. The van der Waals surface area contributed by atoms with Crippen molar-refractivity contribution in [3.8, 4) is 0 Å². The standard InChI is InChI=1S/C6H4O6/c7-3-5(1-9-5)11-4(8)6(12-3)2-10-6/h1-2H2. The third kappa shape index (κ3) is 0.575. The van der Waals surface area contributed by atoms with Crippen molar-refractivity contribution in [2.75, 3.05) is 13.2 Å². The van der Waals surface area contributed by atoms with Crippen LogP contribution in [0.5, 0.6) is 0 Å². The highest BCUT2D eigenvalue weighted by Crippen LogP contribution is 2.43. The molecule has 0 saturated carbocycles. The SMILES string of the molecule is O=C1OC2(CO2)C(=O)OC12CO2. The van der Waals surface area contributed by atoms with Gasteiger partial charge in [0, 0.05) is 0 Å². The second kappa shape index (κ2) is 1.48. The molecule has 0 radical (unpaired) electrons.